The zero-order chi connectivity index (χ0) is 18.1. The van der Waals surface area contributed by atoms with Crippen LogP contribution >= 0.6 is 11.8 Å². The SMILES string of the molecule is C[C@]12CCC(=O)N1[C@@H](C(=O)OCC(=O)C13CC4CC(CC(C4)C1)C3)CS2. The van der Waals surface area contributed by atoms with Crippen molar-refractivity contribution in [3.05, 3.63) is 0 Å². The first-order valence-corrected chi connectivity index (χ1v) is 11.0. The van der Waals surface area contributed by atoms with Gasteiger partial charge in [0.2, 0.25) is 5.91 Å². The molecule has 0 radical (unpaired) electrons. The van der Waals surface area contributed by atoms with Crippen LogP contribution in [0.1, 0.15) is 58.3 Å². The largest absolute Gasteiger partial charge is 0.456 e. The Hall–Kier alpha value is -1.04. The number of rotatable bonds is 4. The van der Waals surface area contributed by atoms with Crippen molar-refractivity contribution in [2.24, 2.45) is 23.2 Å². The number of Topliss-reactive ketones (excluding diaryl/α,β-unsaturated/α-hetero) is 1. The predicted octanol–water partition coefficient (Wildman–Crippen LogP) is 2.77. The smallest absolute Gasteiger partial charge is 0.330 e. The number of ether oxygens (including phenoxy) is 1. The van der Waals surface area contributed by atoms with Crippen LogP contribution in [-0.2, 0) is 19.1 Å². The number of amides is 1. The van der Waals surface area contributed by atoms with Crippen molar-refractivity contribution < 1.29 is 19.1 Å². The second kappa shape index (κ2) is 5.73. The molecule has 2 aliphatic heterocycles. The summed E-state index contributed by atoms with van der Waals surface area (Å²) in [6.07, 6.45) is 8.15. The van der Waals surface area contributed by atoms with E-state index in [0.717, 1.165) is 25.7 Å². The summed E-state index contributed by atoms with van der Waals surface area (Å²) >= 11 is 1.66. The summed E-state index contributed by atoms with van der Waals surface area (Å²) in [6, 6.07) is -0.524. The molecule has 0 N–H and O–H groups in total. The highest BCUT2D eigenvalue weighted by Crippen LogP contribution is 2.60. The number of carbonyl (C=O) groups excluding carboxylic acids is 3. The van der Waals surface area contributed by atoms with Crippen molar-refractivity contribution in [3.8, 4) is 0 Å². The van der Waals surface area contributed by atoms with Crippen molar-refractivity contribution in [2.75, 3.05) is 12.4 Å². The fraction of sp³-hybridized carbons (Fsp3) is 0.850. The van der Waals surface area contributed by atoms with Gasteiger partial charge in [-0.05, 0) is 69.6 Å². The third-order valence-corrected chi connectivity index (χ3v) is 9.20. The monoisotopic (exact) mass is 377 g/mol. The molecule has 0 aromatic rings. The van der Waals surface area contributed by atoms with Gasteiger partial charge in [0.25, 0.3) is 0 Å². The van der Waals surface area contributed by atoms with Gasteiger partial charge in [0.15, 0.2) is 12.4 Å². The standard InChI is InChI=1S/C20H27NO4S/c1-19-3-2-17(23)21(19)15(11-26-19)18(24)25-10-16(22)20-7-12-4-13(8-20)6-14(5-12)9-20/h12-15H,2-11H2,1H3/t12?,13?,14?,15-,19+,20?/m1/s1. The average Bonchev–Trinajstić information content (AvgIpc) is 3.07. The Labute approximate surface area is 158 Å². The van der Waals surface area contributed by atoms with Gasteiger partial charge in [0, 0.05) is 17.6 Å². The molecule has 2 heterocycles. The average molecular weight is 378 g/mol. The van der Waals surface area contributed by atoms with Gasteiger partial charge in [-0.25, -0.2) is 4.79 Å². The quantitative estimate of drug-likeness (QED) is 0.705. The highest BCUT2D eigenvalue weighted by molar-refractivity contribution is 8.01. The molecule has 4 saturated carbocycles. The van der Waals surface area contributed by atoms with E-state index in [1.807, 2.05) is 6.92 Å². The third kappa shape index (κ3) is 2.47. The minimum atomic E-state index is -0.524. The third-order valence-electron chi connectivity index (χ3n) is 7.69. The molecule has 2 saturated heterocycles. The highest BCUT2D eigenvalue weighted by Gasteiger charge is 2.56. The molecule has 6 heteroatoms. The molecule has 2 atom stereocenters. The van der Waals surface area contributed by atoms with Crippen LogP contribution in [0.25, 0.3) is 0 Å². The number of hydrogen-bond donors (Lipinski definition) is 0. The lowest BCUT2D eigenvalue weighted by atomic mass is 9.48. The molecule has 4 bridgehead atoms. The number of hydrogen-bond acceptors (Lipinski definition) is 5. The van der Waals surface area contributed by atoms with Gasteiger partial charge in [-0.15, -0.1) is 11.8 Å². The molecule has 0 spiro atoms. The van der Waals surface area contributed by atoms with E-state index in [2.05, 4.69) is 0 Å². The van der Waals surface area contributed by atoms with Gasteiger partial charge in [0.1, 0.15) is 6.04 Å². The molecular weight excluding hydrogens is 350 g/mol. The normalized spacial score (nSPS) is 45.9. The van der Waals surface area contributed by atoms with Gasteiger partial charge in [-0.2, -0.15) is 0 Å². The molecular formula is C20H27NO4S. The van der Waals surface area contributed by atoms with E-state index >= 15 is 0 Å². The molecule has 0 aromatic carbocycles. The van der Waals surface area contributed by atoms with Crippen LogP contribution in [-0.4, -0.2) is 45.8 Å². The molecule has 6 fully saturated rings. The Kier molecular flexibility index (Phi) is 3.76. The first kappa shape index (κ1) is 17.1. The summed E-state index contributed by atoms with van der Waals surface area (Å²) in [5.74, 6) is 2.46. The maximum absolute atomic E-state index is 13.0. The van der Waals surface area contributed by atoms with E-state index in [1.54, 1.807) is 16.7 Å². The van der Waals surface area contributed by atoms with Gasteiger partial charge >= 0.3 is 5.97 Å². The van der Waals surface area contributed by atoms with Gasteiger partial charge in [-0.3, -0.25) is 9.59 Å². The second-order valence-corrected chi connectivity index (χ2v) is 11.0. The Morgan fingerprint density at radius 3 is 2.38 bits per heavy atom. The molecule has 0 unspecified atom stereocenters. The molecule has 26 heavy (non-hydrogen) atoms. The Morgan fingerprint density at radius 1 is 1.15 bits per heavy atom. The van der Waals surface area contributed by atoms with E-state index in [1.165, 1.54) is 19.3 Å². The minimum absolute atomic E-state index is 0.0341. The number of nitrogens with zero attached hydrogens (tertiary/aromatic N) is 1. The van der Waals surface area contributed by atoms with Crippen molar-refractivity contribution in [2.45, 2.75) is 69.2 Å². The lowest BCUT2D eigenvalue weighted by Crippen LogP contribution is -2.51. The van der Waals surface area contributed by atoms with Crippen LogP contribution in [0.2, 0.25) is 0 Å². The maximum atomic E-state index is 13.0. The first-order chi connectivity index (χ1) is 12.4. The van der Waals surface area contributed by atoms with Gasteiger partial charge in [0.05, 0.1) is 4.87 Å². The summed E-state index contributed by atoms with van der Waals surface area (Å²) in [5.41, 5.74) is -0.225. The van der Waals surface area contributed by atoms with E-state index < -0.39 is 12.0 Å². The van der Waals surface area contributed by atoms with E-state index in [0.29, 0.717) is 29.9 Å². The van der Waals surface area contributed by atoms with Crippen LogP contribution in [0.5, 0.6) is 0 Å². The molecule has 6 aliphatic rings. The first-order valence-electron chi connectivity index (χ1n) is 10.0. The number of fused-ring (bicyclic) bond motifs is 1. The van der Waals surface area contributed by atoms with Gasteiger partial charge < -0.3 is 9.64 Å². The Bertz CT molecular complexity index is 641. The van der Waals surface area contributed by atoms with Crippen molar-refractivity contribution in [1.82, 2.24) is 4.90 Å². The molecule has 1 amide bonds. The zero-order valence-electron chi connectivity index (χ0n) is 15.4. The number of thioether (sulfide) groups is 1. The molecule has 142 valence electrons. The van der Waals surface area contributed by atoms with Crippen molar-refractivity contribution in [1.29, 1.82) is 0 Å². The summed E-state index contributed by atoms with van der Waals surface area (Å²) in [6.45, 7) is 1.92. The minimum Gasteiger partial charge on any atom is -0.456 e. The molecule has 0 aromatic heterocycles. The topological polar surface area (TPSA) is 63.7 Å². The van der Waals surface area contributed by atoms with Crippen molar-refractivity contribution in [3.63, 3.8) is 0 Å². The van der Waals surface area contributed by atoms with E-state index in [-0.39, 0.29) is 28.6 Å². The summed E-state index contributed by atoms with van der Waals surface area (Å²) in [7, 11) is 0. The predicted molar refractivity (Wildman–Crippen MR) is 97.3 cm³/mol. The zero-order valence-corrected chi connectivity index (χ0v) is 16.2. The number of ketones is 1. The Balaban J connectivity index is 1.23. The maximum Gasteiger partial charge on any atom is 0.330 e. The second-order valence-electron chi connectivity index (χ2n) is 9.49. The molecule has 6 rings (SSSR count). The van der Waals surface area contributed by atoms with Crippen molar-refractivity contribution >= 4 is 29.4 Å². The van der Waals surface area contributed by atoms with E-state index in [4.69, 9.17) is 4.74 Å². The van der Waals surface area contributed by atoms with Crippen LogP contribution in [0.4, 0.5) is 0 Å². The Morgan fingerprint density at radius 2 is 1.77 bits per heavy atom. The lowest BCUT2D eigenvalue weighted by Gasteiger charge is -2.55. The molecule has 5 nitrogen and oxygen atoms in total. The van der Waals surface area contributed by atoms with Crippen LogP contribution in [0.3, 0.4) is 0 Å². The number of esters is 1. The van der Waals surface area contributed by atoms with E-state index in [9.17, 15) is 14.4 Å². The van der Waals surface area contributed by atoms with Crippen LogP contribution in [0.15, 0.2) is 0 Å². The fourth-order valence-corrected chi connectivity index (χ4v) is 8.25. The molecule has 4 aliphatic carbocycles. The highest BCUT2D eigenvalue weighted by atomic mass is 32.2. The van der Waals surface area contributed by atoms with Gasteiger partial charge in [-0.1, -0.05) is 0 Å². The lowest BCUT2D eigenvalue weighted by molar-refractivity contribution is -0.162. The number of carbonyl (C=O) groups is 3. The van der Waals surface area contributed by atoms with Crippen LogP contribution in [0, 0.1) is 23.2 Å². The summed E-state index contributed by atoms with van der Waals surface area (Å²) in [4.78, 5) is 39.2. The van der Waals surface area contributed by atoms with Crippen LogP contribution < -0.4 is 0 Å². The fourth-order valence-electron chi connectivity index (χ4n) is 6.83. The summed E-state index contributed by atoms with van der Waals surface area (Å²) < 4.78 is 5.48. The summed E-state index contributed by atoms with van der Waals surface area (Å²) in [5, 5.41) is 0.